The van der Waals surface area contributed by atoms with Crippen molar-refractivity contribution in [3.8, 4) is 0 Å². The lowest BCUT2D eigenvalue weighted by atomic mass is 10.1. The first kappa shape index (κ1) is 14.8. The largest absolute Gasteiger partial charge is 0.478 e. The van der Waals surface area contributed by atoms with E-state index < -0.39 is 5.97 Å². The fourth-order valence-corrected chi connectivity index (χ4v) is 2.41. The van der Waals surface area contributed by atoms with Crippen molar-refractivity contribution < 1.29 is 14.6 Å². The molecule has 20 heavy (non-hydrogen) atoms. The summed E-state index contributed by atoms with van der Waals surface area (Å²) in [5.41, 5.74) is 2.12. The fraction of sp³-hybridized carbons (Fsp3) is 0.438. The molecule has 1 atom stereocenters. The number of benzene rings is 1. The minimum atomic E-state index is -0.919. The molecule has 1 aromatic rings. The zero-order valence-corrected chi connectivity index (χ0v) is 11.8. The third-order valence-electron chi connectivity index (χ3n) is 3.53. The van der Waals surface area contributed by atoms with E-state index in [1.165, 1.54) is 6.08 Å². The van der Waals surface area contributed by atoms with Crippen molar-refractivity contribution in [1.82, 2.24) is 4.90 Å². The van der Waals surface area contributed by atoms with Crippen LogP contribution in [0.15, 0.2) is 30.3 Å². The smallest absolute Gasteiger partial charge is 0.328 e. The van der Waals surface area contributed by atoms with Gasteiger partial charge < -0.3 is 9.84 Å². The molecule has 1 aromatic carbocycles. The van der Waals surface area contributed by atoms with Gasteiger partial charge >= 0.3 is 5.97 Å². The van der Waals surface area contributed by atoms with Gasteiger partial charge in [0.1, 0.15) is 0 Å². The Labute approximate surface area is 119 Å². The van der Waals surface area contributed by atoms with Crippen LogP contribution in [0, 0.1) is 0 Å². The lowest BCUT2D eigenvalue weighted by Gasteiger charge is -2.32. The normalized spacial score (nSPS) is 20.4. The molecule has 4 nitrogen and oxygen atoms in total. The van der Waals surface area contributed by atoms with Gasteiger partial charge in [0.05, 0.1) is 12.7 Å². The summed E-state index contributed by atoms with van der Waals surface area (Å²) in [5, 5.41) is 8.74. The van der Waals surface area contributed by atoms with Crippen molar-refractivity contribution in [2.75, 3.05) is 19.7 Å². The number of carboxylic acid groups (broad SMARTS) is 1. The molecule has 4 heteroatoms. The first-order chi connectivity index (χ1) is 9.69. The van der Waals surface area contributed by atoms with Crippen LogP contribution in [0.1, 0.15) is 24.5 Å². The Hall–Kier alpha value is -1.65. The molecular weight excluding hydrogens is 254 g/mol. The van der Waals surface area contributed by atoms with Crippen molar-refractivity contribution in [2.45, 2.75) is 26.0 Å². The van der Waals surface area contributed by atoms with Gasteiger partial charge in [-0.1, -0.05) is 31.2 Å². The van der Waals surface area contributed by atoms with Gasteiger partial charge in [-0.05, 0) is 23.6 Å². The summed E-state index contributed by atoms with van der Waals surface area (Å²) >= 11 is 0. The van der Waals surface area contributed by atoms with Gasteiger partial charge in [0.25, 0.3) is 0 Å². The number of morpholine rings is 1. The summed E-state index contributed by atoms with van der Waals surface area (Å²) in [6.45, 7) is 5.60. The van der Waals surface area contributed by atoms with E-state index in [1.54, 1.807) is 6.08 Å². The Morgan fingerprint density at radius 1 is 1.50 bits per heavy atom. The van der Waals surface area contributed by atoms with Crippen molar-refractivity contribution >= 4 is 12.0 Å². The van der Waals surface area contributed by atoms with Gasteiger partial charge in [-0.3, -0.25) is 4.90 Å². The Kier molecular flexibility index (Phi) is 5.32. The van der Waals surface area contributed by atoms with E-state index in [-0.39, 0.29) is 0 Å². The molecule has 108 valence electrons. The molecule has 0 saturated carbocycles. The molecule has 1 unspecified atom stereocenters. The Morgan fingerprint density at radius 3 is 3.05 bits per heavy atom. The third-order valence-corrected chi connectivity index (χ3v) is 3.53. The van der Waals surface area contributed by atoms with Crippen LogP contribution < -0.4 is 0 Å². The molecule has 0 amide bonds. The Bertz CT molecular complexity index is 484. The minimum Gasteiger partial charge on any atom is -0.478 e. The molecule has 0 spiro atoms. The first-order valence-electron chi connectivity index (χ1n) is 7.02. The van der Waals surface area contributed by atoms with E-state index in [0.717, 1.165) is 43.8 Å². The number of carbonyl (C=O) groups is 1. The maximum absolute atomic E-state index is 10.6. The molecule has 1 heterocycles. The number of hydrogen-bond donors (Lipinski definition) is 1. The molecule has 1 aliphatic rings. The van der Waals surface area contributed by atoms with Crippen LogP contribution in [0.25, 0.3) is 6.08 Å². The zero-order valence-electron chi connectivity index (χ0n) is 11.8. The van der Waals surface area contributed by atoms with E-state index in [9.17, 15) is 4.79 Å². The summed E-state index contributed by atoms with van der Waals surface area (Å²) in [5.74, 6) is -0.919. The van der Waals surface area contributed by atoms with E-state index in [2.05, 4.69) is 17.9 Å². The van der Waals surface area contributed by atoms with E-state index in [0.29, 0.717) is 6.10 Å². The highest BCUT2D eigenvalue weighted by Crippen LogP contribution is 2.16. The van der Waals surface area contributed by atoms with E-state index >= 15 is 0 Å². The molecule has 1 fully saturated rings. The third kappa shape index (κ3) is 4.18. The standard InChI is InChI=1S/C16H21NO3/c1-2-15-12-17(9-10-20-15)11-14-6-4-3-5-13(14)7-8-16(18)19/h3-8,15H,2,9-12H2,1H3,(H,18,19). The summed E-state index contributed by atoms with van der Waals surface area (Å²) in [6.07, 6.45) is 4.19. The Morgan fingerprint density at radius 2 is 2.30 bits per heavy atom. The zero-order chi connectivity index (χ0) is 14.4. The molecule has 0 radical (unpaired) electrons. The molecule has 2 rings (SSSR count). The highest BCUT2D eigenvalue weighted by atomic mass is 16.5. The number of aliphatic carboxylic acids is 1. The summed E-state index contributed by atoms with van der Waals surface area (Å²) in [7, 11) is 0. The summed E-state index contributed by atoms with van der Waals surface area (Å²) in [4.78, 5) is 13.0. The average Bonchev–Trinajstić information content (AvgIpc) is 2.46. The van der Waals surface area contributed by atoms with Crippen LogP contribution in [-0.2, 0) is 16.1 Å². The second-order valence-electron chi connectivity index (χ2n) is 5.01. The quantitative estimate of drug-likeness (QED) is 0.838. The van der Waals surface area contributed by atoms with Crippen LogP contribution in [-0.4, -0.2) is 41.8 Å². The summed E-state index contributed by atoms with van der Waals surface area (Å²) in [6, 6.07) is 7.93. The van der Waals surface area contributed by atoms with Crippen molar-refractivity contribution in [1.29, 1.82) is 0 Å². The van der Waals surface area contributed by atoms with E-state index in [1.807, 2.05) is 18.2 Å². The predicted octanol–water partition coefficient (Wildman–Crippen LogP) is 2.40. The van der Waals surface area contributed by atoms with Gasteiger partial charge in [0, 0.05) is 25.7 Å². The predicted molar refractivity (Wildman–Crippen MR) is 78.4 cm³/mol. The van der Waals surface area contributed by atoms with Crippen LogP contribution in [0.4, 0.5) is 0 Å². The number of carboxylic acids is 1. The van der Waals surface area contributed by atoms with Gasteiger partial charge in [-0.15, -0.1) is 0 Å². The number of hydrogen-bond acceptors (Lipinski definition) is 3. The Balaban J connectivity index is 2.07. The maximum atomic E-state index is 10.6. The SMILES string of the molecule is CCC1CN(Cc2ccccc2C=CC(=O)O)CCO1. The summed E-state index contributed by atoms with van der Waals surface area (Å²) < 4.78 is 5.67. The number of ether oxygens (including phenoxy) is 1. The monoisotopic (exact) mass is 275 g/mol. The average molecular weight is 275 g/mol. The van der Waals surface area contributed by atoms with Crippen LogP contribution in [0.2, 0.25) is 0 Å². The van der Waals surface area contributed by atoms with Gasteiger partial charge in [-0.25, -0.2) is 4.79 Å². The fourth-order valence-electron chi connectivity index (χ4n) is 2.41. The van der Waals surface area contributed by atoms with Gasteiger partial charge in [0.2, 0.25) is 0 Å². The van der Waals surface area contributed by atoms with Crippen LogP contribution >= 0.6 is 0 Å². The molecule has 1 aliphatic heterocycles. The van der Waals surface area contributed by atoms with Gasteiger partial charge in [0.15, 0.2) is 0 Å². The minimum absolute atomic E-state index is 0.311. The number of rotatable bonds is 5. The number of nitrogens with zero attached hydrogens (tertiary/aromatic N) is 1. The van der Waals surface area contributed by atoms with E-state index in [4.69, 9.17) is 9.84 Å². The lowest BCUT2D eigenvalue weighted by molar-refractivity contribution is -0.131. The highest BCUT2D eigenvalue weighted by molar-refractivity contribution is 5.85. The molecule has 0 aromatic heterocycles. The molecule has 1 N–H and O–H groups in total. The topological polar surface area (TPSA) is 49.8 Å². The highest BCUT2D eigenvalue weighted by Gasteiger charge is 2.19. The van der Waals surface area contributed by atoms with Crippen molar-refractivity contribution in [2.24, 2.45) is 0 Å². The van der Waals surface area contributed by atoms with Gasteiger partial charge in [-0.2, -0.15) is 0 Å². The molecule has 0 bridgehead atoms. The van der Waals surface area contributed by atoms with Crippen LogP contribution in [0.3, 0.4) is 0 Å². The molecular formula is C16H21NO3. The second kappa shape index (κ2) is 7.22. The van der Waals surface area contributed by atoms with Crippen LogP contribution in [0.5, 0.6) is 0 Å². The second-order valence-corrected chi connectivity index (χ2v) is 5.01. The molecule has 1 saturated heterocycles. The molecule has 0 aliphatic carbocycles. The van der Waals surface area contributed by atoms with Crippen molar-refractivity contribution in [3.05, 3.63) is 41.5 Å². The maximum Gasteiger partial charge on any atom is 0.328 e. The first-order valence-corrected chi connectivity index (χ1v) is 7.02. The van der Waals surface area contributed by atoms with Crippen molar-refractivity contribution in [3.63, 3.8) is 0 Å². The lowest BCUT2D eigenvalue weighted by Crippen LogP contribution is -2.41.